The van der Waals surface area contributed by atoms with E-state index in [9.17, 15) is 4.79 Å². The molecule has 1 aliphatic heterocycles. The molecule has 1 fully saturated rings. The SMILES string of the molecule is O=C(OCc1ccccc1)N1CCNCC1c1cccnc1. The van der Waals surface area contributed by atoms with E-state index < -0.39 is 0 Å². The summed E-state index contributed by atoms with van der Waals surface area (Å²) in [5.41, 5.74) is 2.01. The number of pyridine rings is 1. The molecular formula is C17H19N3O2. The van der Waals surface area contributed by atoms with E-state index in [4.69, 9.17) is 4.74 Å². The van der Waals surface area contributed by atoms with Crippen molar-refractivity contribution in [1.82, 2.24) is 15.2 Å². The monoisotopic (exact) mass is 297 g/mol. The first-order chi connectivity index (χ1) is 10.8. The van der Waals surface area contributed by atoms with Crippen LogP contribution in [0.5, 0.6) is 0 Å². The predicted molar refractivity (Wildman–Crippen MR) is 83.2 cm³/mol. The number of rotatable bonds is 3. The third-order valence-corrected chi connectivity index (χ3v) is 3.75. The summed E-state index contributed by atoms with van der Waals surface area (Å²) in [5.74, 6) is 0. The number of nitrogens with one attached hydrogen (secondary N) is 1. The lowest BCUT2D eigenvalue weighted by atomic mass is 10.1. The molecule has 1 aromatic carbocycles. The van der Waals surface area contributed by atoms with Crippen LogP contribution in [0.4, 0.5) is 4.79 Å². The molecule has 5 nitrogen and oxygen atoms in total. The van der Waals surface area contributed by atoms with Gasteiger partial charge in [0.1, 0.15) is 6.61 Å². The highest BCUT2D eigenvalue weighted by molar-refractivity contribution is 5.68. The van der Waals surface area contributed by atoms with Crippen LogP contribution in [0.25, 0.3) is 0 Å². The lowest BCUT2D eigenvalue weighted by molar-refractivity contribution is 0.0720. The van der Waals surface area contributed by atoms with E-state index in [0.29, 0.717) is 19.7 Å². The molecule has 1 aliphatic rings. The van der Waals surface area contributed by atoms with Gasteiger partial charge in [-0.15, -0.1) is 0 Å². The quantitative estimate of drug-likeness (QED) is 0.945. The van der Waals surface area contributed by atoms with Gasteiger partial charge >= 0.3 is 6.09 Å². The number of ether oxygens (including phenoxy) is 1. The topological polar surface area (TPSA) is 54.5 Å². The van der Waals surface area contributed by atoms with Gasteiger partial charge < -0.3 is 10.1 Å². The minimum absolute atomic E-state index is 0.0364. The Balaban J connectivity index is 1.66. The number of hydrogen-bond donors (Lipinski definition) is 1. The smallest absolute Gasteiger partial charge is 0.410 e. The number of nitrogens with zero attached hydrogens (tertiary/aromatic N) is 2. The summed E-state index contributed by atoms with van der Waals surface area (Å²) in [7, 11) is 0. The maximum Gasteiger partial charge on any atom is 0.410 e. The van der Waals surface area contributed by atoms with Crippen LogP contribution in [0.15, 0.2) is 54.9 Å². The number of carbonyl (C=O) groups is 1. The van der Waals surface area contributed by atoms with E-state index in [1.54, 1.807) is 17.3 Å². The second kappa shape index (κ2) is 7.04. The standard InChI is InChI=1S/C17H19N3O2/c21-17(22-13-14-5-2-1-3-6-14)20-10-9-19-12-16(20)15-7-4-8-18-11-15/h1-8,11,16,19H,9-10,12-13H2. The molecule has 5 heteroatoms. The van der Waals surface area contributed by atoms with Crippen molar-refractivity contribution in [3.05, 3.63) is 66.0 Å². The largest absolute Gasteiger partial charge is 0.445 e. The summed E-state index contributed by atoms with van der Waals surface area (Å²) in [6.45, 7) is 2.42. The van der Waals surface area contributed by atoms with Crippen molar-refractivity contribution in [2.75, 3.05) is 19.6 Å². The predicted octanol–water partition coefficient (Wildman–Crippen LogP) is 2.36. The molecule has 1 unspecified atom stereocenters. The molecule has 0 radical (unpaired) electrons. The Morgan fingerprint density at radius 2 is 2.14 bits per heavy atom. The van der Waals surface area contributed by atoms with Gasteiger partial charge in [-0.2, -0.15) is 0 Å². The highest BCUT2D eigenvalue weighted by Crippen LogP contribution is 2.22. The molecule has 0 saturated carbocycles. The van der Waals surface area contributed by atoms with E-state index in [0.717, 1.165) is 17.7 Å². The summed E-state index contributed by atoms with van der Waals surface area (Å²) in [6.07, 6.45) is 3.26. The average Bonchev–Trinajstić information content (AvgIpc) is 2.61. The van der Waals surface area contributed by atoms with Crippen LogP contribution in [0.2, 0.25) is 0 Å². The Bertz CT molecular complexity index is 604. The molecule has 2 heterocycles. The van der Waals surface area contributed by atoms with Crippen LogP contribution >= 0.6 is 0 Å². The van der Waals surface area contributed by atoms with Crippen LogP contribution in [0.1, 0.15) is 17.2 Å². The van der Waals surface area contributed by atoms with Gasteiger partial charge in [-0.05, 0) is 17.2 Å². The normalized spacial score (nSPS) is 18.0. The fourth-order valence-electron chi connectivity index (χ4n) is 2.60. The first kappa shape index (κ1) is 14.5. The molecule has 1 saturated heterocycles. The Morgan fingerprint density at radius 3 is 2.91 bits per heavy atom. The number of carbonyl (C=O) groups excluding carboxylic acids is 1. The van der Waals surface area contributed by atoms with E-state index in [-0.39, 0.29) is 12.1 Å². The minimum Gasteiger partial charge on any atom is -0.445 e. The fourth-order valence-corrected chi connectivity index (χ4v) is 2.60. The maximum absolute atomic E-state index is 12.4. The first-order valence-corrected chi connectivity index (χ1v) is 7.42. The van der Waals surface area contributed by atoms with Crippen molar-refractivity contribution in [3.8, 4) is 0 Å². The van der Waals surface area contributed by atoms with Crippen molar-refractivity contribution in [2.24, 2.45) is 0 Å². The Kier molecular flexibility index (Phi) is 4.65. The highest BCUT2D eigenvalue weighted by atomic mass is 16.6. The molecule has 1 aromatic heterocycles. The summed E-state index contributed by atoms with van der Waals surface area (Å²) >= 11 is 0. The molecular weight excluding hydrogens is 278 g/mol. The van der Waals surface area contributed by atoms with E-state index in [1.807, 2.05) is 42.5 Å². The third-order valence-electron chi connectivity index (χ3n) is 3.75. The van der Waals surface area contributed by atoms with E-state index in [2.05, 4.69) is 10.3 Å². The zero-order chi connectivity index (χ0) is 15.2. The average molecular weight is 297 g/mol. The van der Waals surface area contributed by atoms with Crippen LogP contribution < -0.4 is 5.32 Å². The van der Waals surface area contributed by atoms with Crippen LogP contribution in [0, 0.1) is 0 Å². The summed E-state index contributed by atoms with van der Waals surface area (Å²) in [6, 6.07) is 13.6. The number of hydrogen-bond acceptors (Lipinski definition) is 4. The van der Waals surface area contributed by atoms with Crippen molar-refractivity contribution in [3.63, 3.8) is 0 Å². The lowest BCUT2D eigenvalue weighted by Crippen LogP contribution is -2.48. The lowest BCUT2D eigenvalue weighted by Gasteiger charge is -2.35. The number of aromatic nitrogens is 1. The molecule has 1 N–H and O–H groups in total. The molecule has 22 heavy (non-hydrogen) atoms. The van der Waals surface area contributed by atoms with Crippen molar-refractivity contribution in [2.45, 2.75) is 12.6 Å². The summed E-state index contributed by atoms with van der Waals surface area (Å²) in [4.78, 5) is 18.3. The van der Waals surface area contributed by atoms with Gasteiger partial charge in [-0.3, -0.25) is 9.88 Å². The Hall–Kier alpha value is -2.40. The van der Waals surface area contributed by atoms with Crippen molar-refractivity contribution < 1.29 is 9.53 Å². The summed E-state index contributed by atoms with van der Waals surface area (Å²) in [5, 5.41) is 3.31. The Labute approximate surface area is 129 Å². The first-order valence-electron chi connectivity index (χ1n) is 7.42. The number of piperazine rings is 1. The minimum atomic E-state index is -0.279. The van der Waals surface area contributed by atoms with Gasteiger partial charge in [0.15, 0.2) is 0 Å². The second-order valence-electron chi connectivity index (χ2n) is 5.24. The van der Waals surface area contributed by atoms with Crippen LogP contribution in [-0.2, 0) is 11.3 Å². The molecule has 0 aliphatic carbocycles. The third kappa shape index (κ3) is 3.43. The highest BCUT2D eigenvalue weighted by Gasteiger charge is 2.29. The second-order valence-corrected chi connectivity index (χ2v) is 5.24. The number of benzene rings is 1. The zero-order valence-corrected chi connectivity index (χ0v) is 12.3. The zero-order valence-electron chi connectivity index (χ0n) is 12.3. The molecule has 0 bridgehead atoms. The summed E-state index contributed by atoms with van der Waals surface area (Å²) < 4.78 is 5.46. The van der Waals surface area contributed by atoms with Crippen molar-refractivity contribution >= 4 is 6.09 Å². The maximum atomic E-state index is 12.4. The van der Waals surface area contributed by atoms with Gasteiger partial charge in [0, 0.05) is 32.0 Å². The molecule has 1 amide bonds. The van der Waals surface area contributed by atoms with Crippen LogP contribution in [-0.4, -0.2) is 35.6 Å². The number of amides is 1. The molecule has 0 spiro atoms. The van der Waals surface area contributed by atoms with Crippen molar-refractivity contribution in [1.29, 1.82) is 0 Å². The Morgan fingerprint density at radius 1 is 1.27 bits per heavy atom. The van der Waals surface area contributed by atoms with Gasteiger partial charge in [-0.25, -0.2) is 4.79 Å². The van der Waals surface area contributed by atoms with Crippen LogP contribution in [0.3, 0.4) is 0 Å². The van der Waals surface area contributed by atoms with Gasteiger partial charge in [0.25, 0.3) is 0 Å². The molecule has 2 aromatic rings. The molecule has 114 valence electrons. The van der Waals surface area contributed by atoms with E-state index in [1.165, 1.54) is 0 Å². The van der Waals surface area contributed by atoms with Gasteiger partial charge in [-0.1, -0.05) is 36.4 Å². The van der Waals surface area contributed by atoms with Gasteiger partial charge in [0.05, 0.1) is 6.04 Å². The molecule has 1 atom stereocenters. The van der Waals surface area contributed by atoms with E-state index >= 15 is 0 Å². The molecule has 3 rings (SSSR count). The van der Waals surface area contributed by atoms with Gasteiger partial charge in [0.2, 0.25) is 0 Å². The fraction of sp³-hybridized carbons (Fsp3) is 0.294.